The molecule has 2 rings (SSSR count). The van der Waals surface area contributed by atoms with Crippen molar-refractivity contribution in [1.29, 1.82) is 0 Å². The first-order valence-corrected chi connectivity index (χ1v) is 8.79. The number of aryl methyl sites for hydroxylation is 1. The fourth-order valence-corrected chi connectivity index (χ4v) is 3.64. The topological polar surface area (TPSA) is 46.2 Å². The Hall–Kier alpha value is -0.600. The van der Waals surface area contributed by atoms with E-state index in [-0.39, 0.29) is 0 Å². The van der Waals surface area contributed by atoms with E-state index >= 15 is 0 Å². The summed E-state index contributed by atoms with van der Waals surface area (Å²) in [4.78, 5) is 0.296. The zero-order valence-electron chi connectivity index (χ0n) is 10.0. The number of anilines is 1. The number of halogens is 2. The van der Waals surface area contributed by atoms with Crippen molar-refractivity contribution in [2.75, 3.05) is 4.72 Å². The second kappa shape index (κ2) is 5.80. The van der Waals surface area contributed by atoms with Crippen LogP contribution in [0.2, 0.25) is 0 Å². The van der Waals surface area contributed by atoms with Gasteiger partial charge in [0.05, 0.1) is 10.6 Å². The Morgan fingerprint density at radius 1 is 1.16 bits per heavy atom. The Balaban J connectivity index is 2.37. The molecule has 0 aliphatic rings. The lowest BCUT2D eigenvalue weighted by Gasteiger charge is -2.10. The minimum atomic E-state index is -3.55. The third kappa shape index (κ3) is 3.49. The van der Waals surface area contributed by atoms with Crippen LogP contribution in [-0.4, -0.2) is 8.42 Å². The Morgan fingerprint density at radius 3 is 2.47 bits per heavy atom. The molecular weight excluding hydrogens is 441 g/mol. The van der Waals surface area contributed by atoms with Crippen LogP contribution in [0.4, 0.5) is 5.69 Å². The summed E-state index contributed by atoms with van der Waals surface area (Å²) in [5.74, 6) is 0. The fourth-order valence-electron chi connectivity index (χ4n) is 1.63. The van der Waals surface area contributed by atoms with Gasteiger partial charge in [-0.25, -0.2) is 8.42 Å². The first-order valence-electron chi connectivity index (χ1n) is 5.43. The molecule has 100 valence electrons. The molecule has 0 saturated carbocycles. The summed E-state index contributed by atoms with van der Waals surface area (Å²) in [5, 5.41) is 0. The van der Waals surface area contributed by atoms with Gasteiger partial charge in [0.25, 0.3) is 10.0 Å². The summed E-state index contributed by atoms with van der Waals surface area (Å²) >= 11 is 5.55. The molecule has 1 N–H and O–H groups in total. The largest absolute Gasteiger partial charge is 0.280 e. The maximum Gasteiger partial charge on any atom is 0.262 e. The quantitative estimate of drug-likeness (QED) is 0.712. The van der Waals surface area contributed by atoms with Crippen molar-refractivity contribution in [2.24, 2.45) is 0 Å². The molecule has 0 aliphatic heterocycles. The molecule has 0 aliphatic carbocycles. The molecule has 0 fully saturated rings. The van der Waals surface area contributed by atoms with Gasteiger partial charge < -0.3 is 0 Å². The smallest absolute Gasteiger partial charge is 0.262 e. The van der Waals surface area contributed by atoms with Crippen LogP contribution >= 0.6 is 38.5 Å². The van der Waals surface area contributed by atoms with Crippen LogP contribution in [0.25, 0.3) is 0 Å². The fraction of sp³-hybridized carbons (Fsp3) is 0.0769. The summed E-state index contributed by atoms with van der Waals surface area (Å²) in [6.07, 6.45) is 0. The van der Waals surface area contributed by atoms with Gasteiger partial charge in [0.1, 0.15) is 0 Å². The van der Waals surface area contributed by atoms with Gasteiger partial charge in [0, 0.05) is 8.04 Å². The van der Waals surface area contributed by atoms with Crippen LogP contribution < -0.4 is 4.72 Å². The van der Waals surface area contributed by atoms with Gasteiger partial charge in [-0.15, -0.1) is 0 Å². The van der Waals surface area contributed by atoms with Crippen molar-refractivity contribution in [3.8, 4) is 0 Å². The molecule has 0 spiro atoms. The average molecular weight is 452 g/mol. The van der Waals surface area contributed by atoms with Crippen molar-refractivity contribution >= 4 is 54.2 Å². The van der Waals surface area contributed by atoms with Crippen molar-refractivity contribution in [1.82, 2.24) is 0 Å². The van der Waals surface area contributed by atoms with Crippen LogP contribution in [-0.2, 0) is 10.0 Å². The SMILES string of the molecule is Cc1ccccc1S(=O)(=O)Nc1ccc(I)c(Br)c1. The van der Waals surface area contributed by atoms with E-state index in [2.05, 4.69) is 43.2 Å². The molecule has 0 aromatic heterocycles. The van der Waals surface area contributed by atoms with Gasteiger partial charge in [-0.05, 0) is 75.3 Å². The third-order valence-electron chi connectivity index (χ3n) is 2.55. The molecule has 2 aromatic carbocycles. The highest BCUT2D eigenvalue weighted by atomic mass is 127. The lowest BCUT2D eigenvalue weighted by molar-refractivity contribution is 0.600. The highest BCUT2D eigenvalue weighted by Gasteiger charge is 2.16. The normalized spacial score (nSPS) is 11.3. The molecule has 19 heavy (non-hydrogen) atoms. The van der Waals surface area contributed by atoms with E-state index in [1.54, 1.807) is 37.3 Å². The molecule has 2 aromatic rings. The summed E-state index contributed by atoms with van der Waals surface area (Å²) < 4.78 is 29.0. The number of hydrogen-bond donors (Lipinski definition) is 1. The standard InChI is InChI=1S/C13H11BrINO2S/c1-9-4-2-3-5-13(9)19(17,18)16-10-6-7-12(15)11(14)8-10/h2-8,16H,1H3. The number of nitrogens with one attached hydrogen (secondary N) is 1. The molecule has 0 atom stereocenters. The van der Waals surface area contributed by atoms with Gasteiger partial charge in [-0.3, -0.25) is 4.72 Å². The summed E-state index contributed by atoms with van der Waals surface area (Å²) in [6, 6.07) is 12.2. The molecular formula is C13H11BrINO2S. The van der Waals surface area contributed by atoms with Crippen LogP contribution in [0.15, 0.2) is 51.8 Å². The molecule has 0 heterocycles. The maximum absolute atomic E-state index is 12.3. The van der Waals surface area contributed by atoms with Gasteiger partial charge in [-0.2, -0.15) is 0 Å². The highest BCUT2D eigenvalue weighted by molar-refractivity contribution is 14.1. The van der Waals surface area contributed by atoms with Gasteiger partial charge in [-0.1, -0.05) is 18.2 Å². The predicted molar refractivity (Wildman–Crippen MR) is 88.8 cm³/mol. The zero-order valence-corrected chi connectivity index (χ0v) is 14.6. The second-order valence-electron chi connectivity index (χ2n) is 4.00. The van der Waals surface area contributed by atoms with Crippen molar-refractivity contribution < 1.29 is 8.42 Å². The molecule has 3 nitrogen and oxygen atoms in total. The Bertz CT molecular complexity index is 716. The number of hydrogen-bond acceptors (Lipinski definition) is 2. The van der Waals surface area contributed by atoms with Crippen molar-refractivity contribution in [3.05, 3.63) is 56.1 Å². The van der Waals surface area contributed by atoms with E-state index in [1.807, 2.05) is 12.1 Å². The van der Waals surface area contributed by atoms with E-state index < -0.39 is 10.0 Å². The maximum atomic E-state index is 12.3. The monoisotopic (exact) mass is 451 g/mol. The Labute approximate surface area is 134 Å². The Kier molecular flexibility index (Phi) is 4.52. The lowest BCUT2D eigenvalue weighted by atomic mass is 10.2. The van der Waals surface area contributed by atoms with E-state index in [0.29, 0.717) is 10.6 Å². The van der Waals surface area contributed by atoms with Crippen LogP contribution in [0.1, 0.15) is 5.56 Å². The van der Waals surface area contributed by atoms with Gasteiger partial charge >= 0.3 is 0 Å². The molecule has 0 unspecified atom stereocenters. The van der Waals surface area contributed by atoms with E-state index in [0.717, 1.165) is 13.6 Å². The average Bonchev–Trinajstić information content (AvgIpc) is 2.34. The molecule has 0 bridgehead atoms. The van der Waals surface area contributed by atoms with Gasteiger partial charge in [0.2, 0.25) is 0 Å². The van der Waals surface area contributed by atoms with E-state index in [4.69, 9.17) is 0 Å². The summed E-state index contributed by atoms with van der Waals surface area (Å²) in [6.45, 7) is 1.78. The van der Waals surface area contributed by atoms with Gasteiger partial charge in [0.15, 0.2) is 0 Å². The highest BCUT2D eigenvalue weighted by Crippen LogP contribution is 2.25. The van der Waals surface area contributed by atoms with Crippen LogP contribution in [0.3, 0.4) is 0 Å². The summed E-state index contributed by atoms with van der Waals surface area (Å²) in [5.41, 5.74) is 1.26. The minimum absolute atomic E-state index is 0.296. The first kappa shape index (κ1) is 14.8. The second-order valence-corrected chi connectivity index (χ2v) is 7.67. The molecule has 0 amide bonds. The number of sulfonamides is 1. The van der Waals surface area contributed by atoms with Crippen LogP contribution in [0, 0.1) is 10.5 Å². The third-order valence-corrected chi connectivity index (χ3v) is 6.43. The van der Waals surface area contributed by atoms with Crippen molar-refractivity contribution in [3.63, 3.8) is 0 Å². The predicted octanol–water partition coefficient (Wildman–Crippen LogP) is 4.16. The van der Waals surface area contributed by atoms with E-state index in [1.165, 1.54) is 0 Å². The Morgan fingerprint density at radius 2 is 1.84 bits per heavy atom. The summed E-state index contributed by atoms with van der Waals surface area (Å²) in [7, 11) is -3.55. The molecule has 0 radical (unpaired) electrons. The molecule has 6 heteroatoms. The molecule has 0 saturated heterocycles. The number of rotatable bonds is 3. The zero-order chi connectivity index (χ0) is 14.0. The van der Waals surface area contributed by atoms with Crippen molar-refractivity contribution in [2.45, 2.75) is 11.8 Å². The lowest BCUT2D eigenvalue weighted by Crippen LogP contribution is -2.14. The van der Waals surface area contributed by atoms with Crippen LogP contribution in [0.5, 0.6) is 0 Å². The first-order chi connectivity index (χ1) is 8.90. The minimum Gasteiger partial charge on any atom is -0.280 e. The number of benzene rings is 2. The van der Waals surface area contributed by atoms with E-state index in [9.17, 15) is 8.42 Å².